The van der Waals surface area contributed by atoms with Crippen molar-refractivity contribution in [1.29, 1.82) is 0 Å². The molecule has 1 aromatic rings. The van der Waals surface area contributed by atoms with Crippen LogP contribution in [-0.2, 0) is 0 Å². The van der Waals surface area contributed by atoms with Crippen LogP contribution in [0.15, 0.2) is 12.1 Å². The van der Waals surface area contributed by atoms with Crippen molar-refractivity contribution < 1.29 is 8.78 Å². The largest absolute Gasteiger partial charge is 0.389 e. The summed E-state index contributed by atoms with van der Waals surface area (Å²) in [6.45, 7) is 2.13. The Bertz CT molecular complexity index is 508. The van der Waals surface area contributed by atoms with Gasteiger partial charge in [0.15, 0.2) is 11.6 Å². The van der Waals surface area contributed by atoms with Gasteiger partial charge in [-0.25, -0.2) is 8.78 Å². The Morgan fingerprint density at radius 2 is 2.15 bits per heavy atom. The van der Waals surface area contributed by atoms with E-state index in [1.165, 1.54) is 12.1 Å². The molecule has 2 atom stereocenters. The van der Waals surface area contributed by atoms with Crippen molar-refractivity contribution in [3.63, 3.8) is 0 Å². The number of hydrogen-bond acceptors (Lipinski definition) is 3. The molecule has 0 saturated heterocycles. The zero-order valence-electron chi connectivity index (χ0n) is 11.3. The van der Waals surface area contributed by atoms with Crippen molar-refractivity contribution in [2.75, 3.05) is 11.1 Å². The molecule has 1 aromatic carbocycles. The first-order valence-corrected chi connectivity index (χ1v) is 8.14. The van der Waals surface area contributed by atoms with Crippen LogP contribution in [0.5, 0.6) is 0 Å². The Morgan fingerprint density at radius 3 is 2.80 bits per heavy atom. The van der Waals surface area contributed by atoms with Crippen molar-refractivity contribution in [1.82, 2.24) is 0 Å². The highest BCUT2D eigenvalue weighted by Crippen LogP contribution is 2.32. The standard InChI is InChI=1S/C14H18F2N2S2/c1-2-20-9-4-3-8(7-9)18-11-6-5-10(14(17)19)12(15)13(11)16/h5-6,8-9,18H,2-4,7H2,1H3,(H2,17,19). The van der Waals surface area contributed by atoms with Gasteiger partial charge >= 0.3 is 0 Å². The molecule has 0 heterocycles. The third-order valence-electron chi connectivity index (χ3n) is 3.49. The van der Waals surface area contributed by atoms with E-state index >= 15 is 0 Å². The van der Waals surface area contributed by atoms with Crippen LogP contribution in [0.4, 0.5) is 14.5 Å². The highest BCUT2D eigenvalue weighted by Gasteiger charge is 2.25. The van der Waals surface area contributed by atoms with Crippen LogP contribution in [0, 0.1) is 11.6 Å². The Hall–Kier alpha value is -0.880. The number of hydrogen-bond donors (Lipinski definition) is 2. The molecule has 0 aromatic heterocycles. The molecule has 1 fully saturated rings. The van der Waals surface area contributed by atoms with E-state index in [9.17, 15) is 8.78 Å². The van der Waals surface area contributed by atoms with Crippen LogP contribution >= 0.6 is 24.0 Å². The second-order valence-corrected chi connectivity index (χ2v) is 6.90. The highest BCUT2D eigenvalue weighted by molar-refractivity contribution is 7.99. The normalized spacial score (nSPS) is 21.9. The van der Waals surface area contributed by atoms with Gasteiger partial charge < -0.3 is 11.1 Å². The molecular formula is C14H18F2N2S2. The summed E-state index contributed by atoms with van der Waals surface area (Å²) in [6.07, 6.45) is 3.08. The summed E-state index contributed by atoms with van der Waals surface area (Å²) in [7, 11) is 0. The first-order chi connectivity index (χ1) is 9.52. The number of thioether (sulfide) groups is 1. The number of halogens is 2. The SMILES string of the molecule is CCSC1CCC(Nc2ccc(C(N)=S)c(F)c2F)C1. The van der Waals surface area contributed by atoms with Crippen LogP contribution in [0.3, 0.4) is 0 Å². The molecule has 0 radical (unpaired) electrons. The lowest BCUT2D eigenvalue weighted by Crippen LogP contribution is -2.19. The van der Waals surface area contributed by atoms with Gasteiger partial charge in [0.1, 0.15) is 4.99 Å². The molecular weight excluding hydrogens is 298 g/mol. The predicted molar refractivity (Wildman–Crippen MR) is 85.4 cm³/mol. The number of anilines is 1. The van der Waals surface area contributed by atoms with Gasteiger partial charge in [0.05, 0.1) is 5.69 Å². The van der Waals surface area contributed by atoms with E-state index in [0.29, 0.717) is 5.25 Å². The van der Waals surface area contributed by atoms with E-state index in [1.54, 1.807) is 0 Å². The van der Waals surface area contributed by atoms with Crippen molar-refractivity contribution in [3.8, 4) is 0 Å². The molecule has 2 rings (SSSR count). The number of thiocarbonyl (C=S) groups is 1. The third kappa shape index (κ3) is 3.41. The Labute approximate surface area is 127 Å². The van der Waals surface area contributed by atoms with Crippen LogP contribution in [0.1, 0.15) is 31.7 Å². The zero-order chi connectivity index (χ0) is 14.7. The monoisotopic (exact) mass is 316 g/mol. The summed E-state index contributed by atoms with van der Waals surface area (Å²) in [5.74, 6) is -0.787. The van der Waals surface area contributed by atoms with Gasteiger partial charge in [-0.15, -0.1) is 0 Å². The minimum atomic E-state index is -0.972. The van der Waals surface area contributed by atoms with E-state index in [-0.39, 0.29) is 22.3 Å². The van der Waals surface area contributed by atoms with Crippen molar-refractivity contribution >= 4 is 34.7 Å². The fourth-order valence-electron chi connectivity index (χ4n) is 2.53. The van der Waals surface area contributed by atoms with Crippen LogP contribution in [-0.4, -0.2) is 22.0 Å². The number of nitrogens with one attached hydrogen (secondary N) is 1. The van der Waals surface area contributed by atoms with Gasteiger partial charge in [0.25, 0.3) is 0 Å². The fraction of sp³-hybridized carbons (Fsp3) is 0.500. The third-order valence-corrected chi connectivity index (χ3v) is 4.95. The van der Waals surface area contributed by atoms with Gasteiger partial charge in [-0.3, -0.25) is 0 Å². The Morgan fingerprint density at radius 1 is 1.40 bits per heavy atom. The fourth-order valence-corrected chi connectivity index (χ4v) is 3.83. The maximum Gasteiger partial charge on any atom is 0.182 e. The second-order valence-electron chi connectivity index (χ2n) is 4.88. The van der Waals surface area contributed by atoms with Gasteiger partial charge in [-0.1, -0.05) is 19.1 Å². The van der Waals surface area contributed by atoms with E-state index in [2.05, 4.69) is 24.5 Å². The second kappa shape index (κ2) is 6.72. The van der Waals surface area contributed by atoms with Gasteiger partial charge in [-0.2, -0.15) is 11.8 Å². The lowest BCUT2D eigenvalue weighted by Gasteiger charge is -2.16. The van der Waals surface area contributed by atoms with Crippen molar-refractivity contribution in [2.45, 2.75) is 37.5 Å². The molecule has 0 amide bonds. The topological polar surface area (TPSA) is 38.0 Å². The molecule has 20 heavy (non-hydrogen) atoms. The summed E-state index contributed by atoms with van der Waals surface area (Å²) >= 11 is 6.61. The van der Waals surface area contributed by atoms with E-state index in [0.717, 1.165) is 25.0 Å². The molecule has 110 valence electrons. The average molecular weight is 316 g/mol. The summed E-state index contributed by atoms with van der Waals surface area (Å²) in [4.78, 5) is -0.131. The number of benzene rings is 1. The smallest absolute Gasteiger partial charge is 0.182 e. The Balaban J connectivity index is 2.07. The summed E-state index contributed by atoms with van der Waals surface area (Å²) in [6, 6.07) is 3.13. The molecule has 0 bridgehead atoms. The van der Waals surface area contributed by atoms with Crippen molar-refractivity contribution in [3.05, 3.63) is 29.3 Å². The molecule has 0 spiro atoms. The quantitative estimate of drug-likeness (QED) is 0.813. The van der Waals surface area contributed by atoms with E-state index < -0.39 is 11.6 Å². The lowest BCUT2D eigenvalue weighted by atomic mass is 10.1. The van der Waals surface area contributed by atoms with Crippen molar-refractivity contribution in [2.24, 2.45) is 5.73 Å². The highest BCUT2D eigenvalue weighted by atomic mass is 32.2. The molecule has 2 unspecified atom stereocenters. The first kappa shape index (κ1) is 15.5. The minimum absolute atomic E-state index is 0.0473. The molecule has 1 aliphatic carbocycles. The maximum absolute atomic E-state index is 14.0. The zero-order valence-corrected chi connectivity index (χ0v) is 12.9. The first-order valence-electron chi connectivity index (χ1n) is 6.68. The van der Waals surface area contributed by atoms with Crippen LogP contribution < -0.4 is 11.1 Å². The molecule has 6 heteroatoms. The Kier molecular flexibility index (Phi) is 5.21. The molecule has 1 aliphatic rings. The van der Waals surface area contributed by atoms with E-state index in [4.69, 9.17) is 5.73 Å². The predicted octanol–water partition coefficient (Wildman–Crippen LogP) is 3.69. The average Bonchev–Trinajstić information content (AvgIpc) is 2.83. The molecule has 2 nitrogen and oxygen atoms in total. The minimum Gasteiger partial charge on any atom is -0.389 e. The van der Waals surface area contributed by atoms with Gasteiger partial charge in [0.2, 0.25) is 0 Å². The molecule has 0 aliphatic heterocycles. The van der Waals surface area contributed by atoms with Crippen LogP contribution in [0.2, 0.25) is 0 Å². The molecule has 1 saturated carbocycles. The maximum atomic E-state index is 14.0. The number of rotatable bonds is 5. The van der Waals surface area contributed by atoms with Gasteiger partial charge in [-0.05, 0) is 37.1 Å². The lowest BCUT2D eigenvalue weighted by molar-refractivity contribution is 0.508. The van der Waals surface area contributed by atoms with E-state index in [1.807, 2.05) is 11.8 Å². The van der Waals surface area contributed by atoms with Crippen LogP contribution in [0.25, 0.3) is 0 Å². The summed E-state index contributed by atoms with van der Waals surface area (Å²) < 4.78 is 27.8. The molecule has 3 N–H and O–H groups in total. The van der Waals surface area contributed by atoms with Gasteiger partial charge in [0, 0.05) is 16.9 Å². The summed E-state index contributed by atoms with van der Waals surface area (Å²) in [5.41, 5.74) is 5.49. The summed E-state index contributed by atoms with van der Waals surface area (Å²) in [5, 5.41) is 3.70. The number of nitrogens with two attached hydrogens (primary N) is 1.